The lowest BCUT2D eigenvalue weighted by Gasteiger charge is -2.33. The fourth-order valence-corrected chi connectivity index (χ4v) is 6.84. The first-order chi connectivity index (χ1) is 24.0. The van der Waals surface area contributed by atoms with E-state index < -0.39 is 11.7 Å². The van der Waals surface area contributed by atoms with Crippen LogP contribution in [0, 0.1) is 5.92 Å². The SMILES string of the molecule is CCCCCCCC/C=C\CCCCCCCC(=O)C(=O)C(CN1CCN(C)CC1)C(=O)CCCCCCC/C=C\CCCCCCCC. The van der Waals surface area contributed by atoms with Gasteiger partial charge in [0.2, 0.25) is 5.78 Å². The number of piperazine rings is 1. The number of hydrogen-bond acceptors (Lipinski definition) is 5. The average Bonchev–Trinajstić information content (AvgIpc) is 3.10. The van der Waals surface area contributed by atoms with Crippen molar-refractivity contribution >= 4 is 17.3 Å². The highest BCUT2D eigenvalue weighted by Crippen LogP contribution is 2.17. The number of rotatable bonds is 35. The van der Waals surface area contributed by atoms with E-state index in [9.17, 15) is 14.4 Å². The molecule has 1 atom stereocenters. The number of unbranched alkanes of at least 4 members (excludes halogenated alkanes) is 22. The van der Waals surface area contributed by atoms with Crippen molar-refractivity contribution in [2.75, 3.05) is 39.8 Å². The number of hydrogen-bond donors (Lipinski definition) is 0. The second-order valence-corrected chi connectivity index (χ2v) is 15.1. The average molecular weight is 685 g/mol. The Morgan fingerprint density at radius 2 is 0.857 bits per heavy atom. The van der Waals surface area contributed by atoms with Gasteiger partial charge in [-0.3, -0.25) is 19.3 Å². The van der Waals surface area contributed by atoms with Gasteiger partial charge in [0.05, 0.1) is 5.92 Å². The van der Waals surface area contributed by atoms with Gasteiger partial charge in [0.15, 0.2) is 5.78 Å². The second kappa shape index (κ2) is 33.5. The van der Waals surface area contributed by atoms with E-state index in [1.165, 1.54) is 116 Å². The fraction of sp³-hybridized carbons (Fsp3) is 0.841. The Morgan fingerprint density at radius 1 is 0.490 bits per heavy atom. The molecule has 1 saturated heterocycles. The summed E-state index contributed by atoms with van der Waals surface area (Å²) in [6.07, 6.45) is 41.6. The molecule has 1 unspecified atom stereocenters. The fourth-order valence-electron chi connectivity index (χ4n) is 6.84. The molecule has 0 amide bonds. The highest BCUT2D eigenvalue weighted by molar-refractivity contribution is 6.41. The summed E-state index contributed by atoms with van der Waals surface area (Å²) in [5.74, 6) is -1.54. The zero-order valence-electron chi connectivity index (χ0n) is 32.8. The number of carbonyl (C=O) groups excluding carboxylic acids is 3. The lowest BCUT2D eigenvalue weighted by Crippen LogP contribution is -2.48. The van der Waals surface area contributed by atoms with Gasteiger partial charge in [0.1, 0.15) is 5.78 Å². The Kier molecular flexibility index (Phi) is 31.1. The first-order valence-electron chi connectivity index (χ1n) is 21.3. The third kappa shape index (κ3) is 26.8. The third-order valence-corrected chi connectivity index (χ3v) is 10.4. The number of allylic oxidation sites excluding steroid dienone is 4. The van der Waals surface area contributed by atoms with E-state index in [-0.39, 0.29) is 18.0 Å². The minimum Gasteiger partial charge on any atom is -0.304 e. The van der Waals surface area contributed by atoms with Gasteiger partial charge >= 0.3 is 0 Å². The van der Waals surface area contributed by atoms with Crippen LogP contribution in [0.15, 0.2) is 24.3 Å². The van der Waals surface area contributed by atoms with Crippen molar-refractivity contribution in [3.8, 4) is 0 Å². The molecule has 0 aliphatic carbocycles. The molecule has 5 nitrogen and oxygen atoms in total. The van der Waals surface area contributed by atoms with Crippen molar-refractivity contribution in [3.63, 3.8) is 0 Å². The van der Waals surface area contributed by atoms with Gasteiger partial charge in [-0.1, -0.05) is 141 Å². The molecule has 1 fully saturated rings. The second-order valence-electron chi connectivity index (χ2n) is 15.1. The summed E-state index contributed by atoms with van der Waals surface area (Å²) >= 11 is 0. The van der Waals surface area contributed by atoms with Crippen molar-refractivity contribution in [2.24, 2.45) is 5.92 Å². The standard InChI is InChI=1S/C44H80N2O3/c1-4-6-8-10-12-14-16-18-20-22-24-26-28-30-32-34-42(47)41(40-46-38-36-45(3)37-39-46)44(49)43(48)35-33-31-29-27-25-23-21-19-17-15-13-11-9-7-5-2/h18-21,41H,4-17,22-40H2,1-3H3/b20-18-,21-19-. The van der Waals surface area contributed by atoms with E-state index in [4.69, 9.17) is 0 Å². The Bertz CT molecular complexity index is 858. The van der Waals surface area contributed by atoms with Crippen LogP contribution in [0.4, 0.5) is 0 Å². The monoisotopic (exact) mass is 685 g/mol. The summed E-state index contributed by atoms with van der Waals surface area (Å²) < 4.78 is 0. The van der Waals surface area contributed by atoms with Crippen LogP contribution in [-0.4, -0.2) is 66.9 Å². The van der Waals surface area contributed by atoms with Crippen molar-refractivity contribution in [3.05, 3.63) is 24.3 Å². The van der Waals surface area contributed by atoms with Crippen LogP contribution in [0.25, 0.3) is 0 Å². The molecule has 0 aromatic rings. The highest BCUT2D eigenvalue weighted by atomic mass is 16.2. The quantitative estimate of drug-likeness (QED) is 0.0288. The van der Waals surface area contributed by atoms with Gasteiger partial charge in [-0.15, -0.1) is 0 Å². The molecule has 0 aromatic carbocycles. The molecular weight excluding hydrogens is 604 g/mol. The van der Waals surface area contributed by atoms with E-state index in [0.29, 0.717) is 13.0 Å². The van der Waals surface area contributed by atoms with Crippen LogP contribution in [0.3, 0.4) is 0 Å². The van der Waals surface area contributed by atoms with E-state index in [2.05, 4.69) is 55.0 Å². The number of likely N-dealkylation sites (N-methyl/N-ethyl adjacent to an activating group) is 1. The Balaban J connectivity index is 2.26. The summed E-state index contributed by atoms with van der Waals surface area (Å²) in [7, 11) is 2.11. The molecule has 1 heterocycles. The minimum absolute atomic E-state index is 0.0144. The Hall–Kier alpha value is -1.59. The predicted octanol–water partition coefficient (Wildman–Crippen LogP) is 11.6. The Labute approximate surface area is 304 Å². The van der Waals surface area contributed by atoms with Crippen LogP contribution in [0.2, 0.25) is 0 Å². The van der Waals surface area contributed by atoms with E-state index in [1.807, 2.05) is 0 Å². The molecule has 0 bridgehead atoms. The number of nitrogens with zero attached hydrogens (tertiary/aromatic N) is 2. The maximum absolute atomic E-state index is 13.3. The first kappa shape index (κ1) is 45.4. The summed E-state index contributed by atoms with van der Waals surface area (Å²) in [6, 6.07) is 0. The molecule has 0 radical (unpaired) electrons. The lowest BCUT2D eigenvalue weighted by molar-refractivity contribution is -0.143. The van der Waals surface area contributed by atoms with Gasteiger partial charge in [0.25, 0.3) is 0 Å². The number of Topliss-reactive ketones (excluding diaryl/α,β-unsaturated/α-hetero) is 3. The summed E-state index contributed by atoms with van der Waals surface area (Å²) in [5, 5.41) is 0. The minimum atomic E-state index is -0.782. The topological polar surface area (TPSA) is 57.7 Å². The van der Waals surface area contributed by atoms with Crippen molar-refractivity contribution < 1.29 is 14.4 Å². The largest absolute Gasteiger partial charge is 0.304 e. The molecule has 1 aliphatic rings. The molecule has 1 aliphatic heterocycles. The molecule has 1 rings (SSSR count). The normalized spacial score (nSPS) is 15.1. The maximum atomic E-state index is 13.3. The number of ketones is 3. The number of carbonyl (C=O) groups is 3. The molecule has 0 spiro atoms. The molecule has 0 aromatic heterocycles. The molecule has 0 N–H and O–H groups in total. The van der Waals surface area contributed by atoms with Gasteiger partial charge in [0, 0.05) is 45.6 Å². The van der Waals surface area contributed by atoms with Crippen LogP contribution in [0.5, 0.6) is 0 Å². The van der Waals surface area contributed by atoms with Crippen molar-refractivity contribution in [1.29, 1.82) is 0 Å². The summed E-state index contributed by atoms with van der Waals surface area (Å²) in [6.45, 7) is 8.52. The van der Waals surface area contributed by atoms with E-state index >= 15 is 0 Å². The van der Waals surface area contributed by atoms with Crippen LogP contribution >= 0.6 is 0 Å². The third-order valence-electron chi connectivity index (χ3n) is 10.4. The van der Waals surface area contributed by atoms with Crippen LogP contribution < -0.4 is 0 Å². The zero-order chi connectivity index (χ0) is 35.6. The van der Waals surface area contributed by atoms with Gasteiger partial charge in [-0.2, -0.15) is 0 Å². The molecule has 5 heteroatoms. The molecule has 284 valence electrons. The Morgan fingerprint density at radius 3 is 1.29 bits per heavy atom. The van der Waals surface area contributed by atoms with Crippen molar-refractivity contribution in [2.45, 2.75) is 194 Å². The van der Waals surface area contributed by atoms with Gasteiger partial charge < -0.3 is 4.90 Å². The van der Waals surface area contributed by atoms with Crippen LogP contribution in [-0.2, 0) is 14.4 Å². The molecular formula is C44H80N2O3. The smallest absolute Gasteiger partial charge is 0.210 e. The van der Waals surface area contributed by atoms with Crippen molar-refractivity contribution in [1.82, 2.24) is 9.80 Å². The summed E-state index contributed by atoms with van der Waals surface area (Å²) in [5.41, 5.74) is 0. The van der Waals surface area contributed by atoms with Gasteiger partial charge in [-0.05, 0) is 71.3 Å². The van der Waals surface area contributed by atoms with Crippen LogP contribution in [0.1, 0.15) is 194 Å². The first-order valence-corrected chi connectivity index (χ1v) is 21.3. The molecule has 0 saturated carbocycles. The van der Waals surface area contributed by atoms with E-state index in [1.54, 1.807) is 0 Å². The predicted molar refractivity (Wildman–Crippen MR) is 211 cm³/mol. The summed E-state index contributed by atoms with van der Waals surface area (Å²) in [4.78, 5) is 44.2. The molecule has 49 heavy (non-hydrogen) atoms. The maximum Gasteiger partial charge on any atom is 0.210 e. The zero-order valence-corrected chi connectivity index (χ0v) is 32.8. The highest BCUT2D eigenvalue weighted by Gasteiger charge is 2.32. The van der Waals surface area contributed by atoms with E-state index in [0.717, 1.165) is 77.5 Å². The van der Waals surface area contributed by atoms with Gasteiger partial charge in [-0.25, -0.2) is 0 Å². The lowest BCUT2D eigenvalue weighted by atomic mass is 9.90.